The van der Waals surface area contributed by atoms with Crippen LogP contribution in [-0.2, 0) is 43.3 Å². The van der Waals surface area contributed by atoms with Crippen molar-refractivity contribution in [3.63, 3.8) is 0 Å². The molecule has 4 aromatic rings. The van der Waals surface area contributed by atoms with Gasteiger partial charge in [-0.3, -0.25) is 0 Å². The third kappa shape index (κ3) is 11.1. The average Bonchev–Trinajstić information content (AvgIpc) is 3.34. The number of hydrogen-bond acceptors (Lipinski definition) is 11. The molecular weight excluding hydrogens is 690 g/mol. The predicted molar refractivity (Wildman–Crippen MR) is 209 cm³/mol. The summed E-state index contributed by atoms with van der Waals surface area (Å²) in [6.07, 6.45) is -2.22. The van der Waals surface area contributed by atoms with Crippen LogP contribution in [0.4, 0.5) is 20.2 Å². The molecule has 294 valence electrons. The Morgan fingerprint density at radius 2 is 1.39 bits per heavy atom. The number of carbonyl (C=O) groups excluding carboxylic acids is 3. The van der Waals surface area contributed by atoms with Gasteiger partial charge in [-0.2, -0.15) is 4.90 Å². The molecule has 0 fully saturated rings. The highest BCUT2D eigenvalue weighted by Gasteiger charge is 2.37. The molecule has 13 heteroatoms. The number of anilines is 1. The largest absolute Gasteiger partial charge is 0.509 e. The third-order valence-electron chi connectivity index (χ3n) is 7.77. The molecule has 1 atom stereocenters. The van der Waals surface area contributed by atoms with Gasteiger partial charge in [0, 0.05) is 18.0 Å². The quantitative estimate of drug-likeness (QED) is 0.122. The van der Waals surface area contributed by atoms with E-state index in [1.807, 2.05) is 54.8 Å². The van der Waals surface area contributed by atoms with E-state index < -0.39 is 40.7 Å². The van der Waals surface area contributed by atoms with Gasteiger partial charge in [0.2, 0.25) is 0 Å². The number of ether oxygens (including phenoxy) is 5. The molecule has 0 aliphatic carbocycles. The second-order valence-corrected chi connectivity index (χ2v) is 17.1. The molecule has 0 saturated carbocycles. The second-order valence-electron chi connectivity index (χ2n) is 17.1. The molecule has 2 heterocycles. The van der Waals surface area contributed by atoms with Crippen molar-refractivity contribution in [2.45, 2.75) is 138 Å². The number of rotatable bonds is 10. The lowest BCUT2D eigenvalue weighted by Gasteiger charge is -2.29. The standard InChI is InChI=1S/C41H57N5O8/c1-14-50-23-31-44-32-33(45(31)24-41(12,13)54-37(49)53-40(9,10)11)29-19-18-27(20-26-16-15-17-28(21-26)25(2)42)22-30(29)43-34(32)46(35(47)51-38(3,4)5)36(48)52-39(6,7)8/h15-19,21-22,25H,14,20,23-24,42H2,1-13H3. The Balaban J connectivity index is 2.03. The molecule has 0 bridgehead atoms. The summed E-state index contributed by atoms with van der Waals surface area (Å²) in [5.41, 5.74) is 6.61. The molecule has 1 unspecified atom stereocenters. The van der Waals surface area contributed by atoms with E-state index in [1.165, 1.54) is 0 Å². The molecule has 2 aromatic carbocycles. The SMILES string of the molecule is CCOCc1nc2c(N(C(=O)OC(C)(C)C)C(=O)OC(C)(C)C)nc3cc(Cc4cccc(C(C)N)c4)ccc3c2n1CC(C)(C)OC(=O)OC(C)(C)C. The molecule has 0 aliphatic rings. The first-order chi connectivity index (χ1) is 24.9. The minimum atomic E-state index is -1.12. The minimum absolute atomic E-state index is 0.0709. The number of nitrogens with zero attached hydrogens (tertiary/aromatic N) is 4. The zero-order valence-electron chi connectivity index (χ0n) is 34.1. The van der Waals surface area contributed by atoms with Crippen LogP contribution in [0.2, 0.25) is 0 Å². The molecule has 0 aliphatic heterocycles. The first-order valence-electron chi connectivity index (χ1n) is 18.3. The molecule has 4 rings (SSSR count). The lowest BCUT2D eigenvalue weighted by atomic mass is 9.99. The van der Waals surface area contributed by atoms with Crippen LogP contribution in [-0.4, -0.2) is 61.9 Å². The summed E-state index contributed by atoms with van der Waals surface area (Å²) < 4.78 is 30.6. The number of hydrogen-bond donors (Lipinski definition) is 1. The van der Waals surface area contributed by atoms with Gasteiger partial charge in [0.25, 0.3) is 0 Å². The normalized spacial score (nSPS) is 13.1. The molecular formula is C41H57N5O8. The van der Waals surface area contributed by atoms with Gasteiger partial charge in [0.1, 0.15) is 40.4 Å². The van der Waals surface area contributed by atoms with Crippen molar-refractivity contribution in [2.75, 3.05) is 11.5 Å². The van der Waals surface area contributed by atoms with E-state index in [4.69, 9.17) is 39.4 Å². The van der Waals surface area contributed by atoms with E-state index >= 15 is 0 Å². The summed E-state index contributed by atoms with van der Waals surface area (Å²) in [6, 6.07) is 13.8. The zero-order chi connectivity index (χ0) is 40.4. The Bertz CT molecular complexity index is 1970. The highest BCUT2D eigenvalue weighted by Crippen LogP contribution is 2.36. The maximum absolute atomic E-state index is 14.0. The topological polar surface area (TPSA) is 157 Å². The third-order valence-corrected chi connectivity index (χ3v) is 7.77. The predicted octanol–water partition coefficient (Wildman–Crippen LogP) is 9.14. The van der Waals surface area contributed by atoms with Crippen molar-refractivity contribution in [3.05, 3.63) is 65.0 Å². The number of pyridine rings is 1. The van der Waals surface area contributed by atoms with Crippen LogP contribution in [0.25, 0.3) is 21.9 Å². The summed E-state index contributed by atoms with van der Waals surface area (Å²) >= 11 is 0. The van der Waals surface area contributed by atoms with E-state index in [0.29, 0.717) is 35.3 Å². The Kier molecular flexibility index (Phi) is 12.4. The van der Waals surface area contributed by atoms with Crippen molar-refractivity contribution in [1.82, 2.24) is 14.5 Å². The van der Waals surface area contributed by atoms with Gasteiger partial charge in [0.05, 0.1) is 17.6 Å². The van der Waals surface area contributed by atoms with Crippen molar-refractivity contribution in [1.29, 1.82) is 0 Å². The Hall–Kier alpha value is -4.75. The number of amides is 2. The number of benzene rings is 2. The second kappa shape index (κ2) is 15.9. The molecule has 2 amide bonds. The Morgan fingerprint density at radius 3 is 1.94 bits per heavy atom. The van der Waals surface area contributed by atoms with Crippen LogP contribution in [0.3, 0.4) is 0 Å². The van der Waals surface area contributed by atoms with E-state index in [1.54, 1.807) is 76.2 Å². The number of imidazole rings is 1. The molecule has 54 heavy (non-hydrogen) atoms. The van der Waals surface area contributed by atoms with Crippen LogP contribution in [0.5, 0.6) is 0 Å². The number of carbonyl (C=O) groups is 3. The van der Waals surface area contributed by atoms with Crippen LogP contribution >= 0.6 is 0 Å². The molecule has 0 saturated heterocycles. The van der Waals surface area contributed by atoms with Gasteiger partial charge in [-0.05, 0) is 119 Å². The number of imide groups is 1. The lowest BCUT2D eigenvalue weighted by Crippen LogP contribution is -2.44. The zero-order valence-corrected chi connectivity index (χ0v) is 34.1. The molecule has 0 radical (unpaired) electrons. The van der Waals surface area contributed by atoms with Crippen LogP contribution < -0.4 is 10.6 Å². The van der Waals surface area contributed by atoms with E-state index in [-0.39, 0.29) is 30.5 Å². The summed E-state index contributed by atoms with van der Waals surface area (Å²) in [5.74, 6) is 0.368. The molecule has 2 aromatic heterocycles. The number of aromatic nitrogens is 3. The fourth-order valence-electron chi connectivity index (χ4n) is 5.70. The molecule has 13 nitrogen and oxygen atoms in total. The van der Waals surface area contributed by atoms with Gasteiger partial charge in [-0.25, -0.2) is 24.4 Å². The first-order valence-corrected chi connectivity index (χ1v) is 18.3. The van der Waals surface area contributed by atoms with Crippen LogP contribution in [0.15, 0.2) is 42.5 Å². The van der Waals surface area contributed by atoms with Gasteiger partial charge in [0.15, 0.2) is 5.82 Å². The van der Waals surface area contributed by atoms with E-state index in [2.05, 4.69) is 6.07 Å². The Labute approximate surface area is 318 Å². The monoisotopic (exact) mass is 747 g/mol. The molecule has 2 N–H and O–H groups in total. The summed E-state index contributed by atoms with van der Waals surface area (Å²) in [5, 5.41) is 0.679. The average molecular weight is 748 g/mol. The minimum Gasteiger partial charge on any atom is -0.443 e. The Morgan fingerprint density at radius 1 is 0.796 bits per heavy atom. The number of nitrogens with two attached hydrogens (primary N) is 1. The van der Waals surface area contributed by atoms with Crippen molar-refractivity contribution in [2.24, 2.45) is 5.73 Å². The van der Waals surface area contributed by atoms with Crippen molar-refractivity contribution >= 4 is 46.1 Å². The van der Waals surface area contributed by atoms with Crippen molar-refractivity contribution in [3.8, 4) is 0 Å². The highest BCUT2D eigenvalue weighted by atomic mass is 16.7. The fourth-order valence-corrected chi connectivity index (χ4v) is 5.70. The highest BCUT2D eigenvalue weighted by molar-refractivity contribution is 6.17. The lowest BCUT2D eigenvalue weighted by molar-refractivity contribution is -0.0584. The van der Waals surface area contributed by atoms with Crippen LogP contribution in [0, 0.1) is 0 Å². The van der Waals surface area contributed by atoms with E-state index in [0.717, 1.165) is 21.6 Å². The summed E-state index contributed by atoms with van der Waals surface area (Å²) in [6.45, 7) is 23.4. The first kappa shape index (κ1) is 42.0. The van der Waals surface area contributed by atoms with Crippen molar-refractivity contribution < 1.29 is 38.1 Å². The van der Waals surface area contributed by atoms with Gasteiger partial charge in [-0.1, -0.05) is 36.4 Å². The maximum atomic E-state index is 14.0. The van der Waals surface area contributed by atoms with Gasteiger partial charge >= 0.3 is 18.3 Å². The number of fused-ring (bicyclic) bond motifs is 3. The van der Waals surface area contributed by atoms with Crippen LogP contribution in [0.1, 0.15) is 119 Å². The van der Waals surface area contributed by atoms with Gasteiger partial charge < -0.3 is 34.0 Å². The maximum Gasteiger partial charge on any atom is 0.509 e. The fraction of sp³-hybridized carbons (Fsp3) is 0.537. The summed E-state index contributed by atoms with van der Waals surface area (Å²) in [7, 11) is 0. The molecule has 0 spiro atoms. The van der Waals surface area contributed by atoms with Gasteiger partial charge in [-0.15, -0.1) is 0 Å². The van der Waals surface area contributed by atoms with E-state index in [9.17, 15) is 14.4 Å². The summed E-state index contributed by atoms with van der Waals surface area (Å²) in [4.78, 5) is 51.6. The smallest absolute Gasteiger partial charge is 0.443 e.